The molecule has 1 unspecified atom stereocenters. The van der Waals surface area contributed by atoms with Crippen molar-refractivity contribution < 1.29 is 14.3 Å². The number of carbonyl (C=O) groups is 2. The lowest BCUT2D eigenvalue weighted by Crippen LogP contribution is -2.36. The molecule has 1 saturated heterocycles. The summed E-state index contributed by atoms with van der Waals surface area (Å²) in [5.41, 5.74) is 1.78. The second kappa shape index (κ2) is 9.96. The largest absolute Gasteiger partial charge is 0.497 e. The third-order valence-corrected chi connectivity index (χ3v) is 5.58. The van der Waals surface area contributed by atoms with Gasteiger partial charge in [-0.2, -0.15) is 0 Å². The Labute approximate surface area is 185 Å². The molecule has 0 aromatic heterocycles. The number of methoxy groups -OCH3 is 1. The normalized spacial score (nSPS) is 15.4. The van der Waals surface area contributed by atoms with Crippen LogP contribution in [-0.2, 0) is 4.79 Å². The van der Waals surface area contributed by atoms with Crippen LogP contribution in [0.5, 0.6) is 5.75 Å². The molecule has 1 fully saturated rings. The molecule has 166 valence electrons. The first-order chi connectivity index (χ1) is 14.8. The number of hydrogen-bond donors (Lipinski definition) is 2. The fourth-order valence-corrected chi connectivity index (χ4v) is 3.71. The number of nitrogens with one attached hydrogen (secondary N) is 2. The summed E-state index contributed by atoms with van der Waals surface area (Å²) < 4.78 is 5.39. The van der Waals surface area contributed by atoms with Gasteiger partial charge in [0.1, 0.15) is 5.75 Å². The van der Waals surface area contributed by atoms with Crippen LogP contribution in [0, 0.1) is 5.41 Å². The molecule has 6 nitrogen and oxygen atoms in total. The highest BCUT2D eigenvalue weighted by molar-refractivity contribution is 5.98. The summed E-state index contributed by atoms with van der Waals surface area (Å²) in [6, 6.07) is 15.2. The zero-order chi connectivity index (χ0) is 22.4. The van der Waals surface area contributed by atoms with Crippen LogP contribution in [0.1, 0.15) is 55.6 Å². The molecule has 0 saturated carbocycles. The van der Waals surface area contributed by atoms with E-state index in [1.807, 2.05) is 39.0 Å². The smallest absolute Gasteiger partial charge is 0.251 e. The van der Waals surface area contributed by atoms with E-state index in [1.165, 1.54) is 12.8 Å². The van der Waals surface area contributed by atoms with E-state index >= 15 is 0 Å². The number of likely N-dealkylation sites (tertiary alicyclic amines) is 1. The van der Waals surface area contributed by atoms with Gasteiger partial charge >= 0.3 is 0 Å². The van der Waals surface area contributed by atoms with Gasteiger partial charge in [-0.15, -0.1) is 0 Å². The SMILES string of the molecule is COc1cccc(C(CNC(=O)c2cccc(NC(=O)C(C)(C)C)c2)N2CCCC2)c1. The van der Waals surface area contributed by atoms with Gasteiger partial charge in [0.05, 0.1) is 13.2 Å². The Morgan fingerprint density at radius 3 is 2.45 bits per heavy atom. The minimum atomic E-state index is -0.502. The molecule has 1 heterocycles. The molecule has 2 aromatic rings. The zero-order valence-corrected chi connectivity index (χ0v) is 18.9. The highest BCUT2D eigenvalue weighted by Crippen LogP contribution is 2.27. The van der Waals surface area contributed by atoms with Crippen molar-refractivity contribution in [1.29, 1.82) is 0 Å². The number of anilines is 1. The first-order valence-corrected chi connectivity index (χ1v) is 10.9. The summed E-state index contributed by atoms with van der Waals surface area (Å²) in [6.45, 7) is 8.12. The van der Waals surface area contributed by atoms with Crippen molar-refractivity contribution in [2.75, 3.05) is 32.1 Å². The molecule has 2 N–H and O–H groups in total. The van der Waals surface area contributed by atoms with Crippen molar-refractivity contribution in [2.45, 2.75) is 39.7 Å². The average Bonchev–Trinajstić information content (AvgIpc) is 3.28. The van der Waals surface area contributed by atoms with E-state index in [0.29, 0.717) is 17.8 Å². The van der Waals surface area contributed by atoms with Crippen LogP contribution in [-0.4, -0.2) is 43.5 Å². The summed E-state index contributed by atoms with van der Waals surface area (Å²) >= 11 is 0. The van der Waals surface area contributed by atoms with Crippen molar-refractivity contribution in [3.63, 3.8) is 0 Å². The molecular formula is C25H33N3O3. The minimum absolute atomic E-state index is 0.0859. The molecule has 2 amide bonds. The fourth-order valence-electron chi connectivity index (χ4n) is 3.71. The van der Waals surface area contributed by atoms with Gasteiger partial charge in [-0.05, 0) is 61.8 Å². The zero-order valence-electron chi connectivity index (χ0n) is 18.9. The lowest BCUT2D eigenvalue weighted by atomic mass is 9.95. The van der Waals surface area contributed by atoms with Crippen LogP contribution >= 0.6 is 0 Å². The van der Waals surface area contributed by atoms with Crippen molar-refractivity contribution >= 4 is 17.5 Å². The molecule has 1 aliphatic rings. The first-order valence-electron chi connectivity index (χ1n) is 10.9. The number of carbonyl (C=O) groups excluding carboxylic acids is 2. The third-order valence-electron chi connectivity index (χ3n) is 5.58. The van der Waals surface area contributed by atoms with Crippen LogP contribution in [0.15, 0.2) is 48.5 Å². The Balaban J connectivity index is 1.71. The van der Waals surface area contributed by atoms with Gasteiger partial charge in [0.2, 0.25) is 5.91 Å². The topological polar surface area (TPSA) is 70.7 Å². The lowest BCUT2D eigenvalue weighted by Gasteiger charge is -2.28. The molecule has 31 heavy (non-hydrogen) atoms. The Morgan fingerprint density at radius 1 is 1.06 bits per heavy atom. The number of amides is 2. The van der Waals surface area contributed by atoms with Crippen LogP contribution in [0.25, 0.3) is 0 Å². The molecule has 0 aliphatic carbocycles. The van der Waals surface area contributed by atoms with E-state index in [-0.39, 0.29) is 17.9 Å². The summed E-state index contributed by atoms with van der Waals surface area (Å²) in [4.78, 5) is 27.6. The van der Waals surface area contributed by atoms with Crippen LogP contribution in [0.2, 0.25) is 0 Å². The Morgan fingerprint density at radius 2 is 1.77 bits per heavy atom. The summed E-state index contributed by atoms with van der Waals surface area (Å²) in [7, 11) is 1.66. The van der Waals surface area contributed by atoms with Gasteiger partial charge in [-0.25, -0.2) is 0 Å². The fraction of sp³-hybridized carbons (Fsp3) is 0.440. The van der Waals surface area contributed by atoms with Gasteiger partial charge in [-0.1, -0.05) is 39.0 Å². The predicted molar refractivity (Wildman–Crippen MR) is 123 cm³/mol. The average molecular weight is 424 g/mol. The van der Waals surface area contributed by atoms with Crippen LogP contribution in [0.3, 0.4) is 0 Å². The van der Waals surface area contributed by atoms with Crippen molar-refractivity contribution in [3.05, 3.63) is 59.7 Å². The number of rotatable bonds is 7. The summed E-state index contributed by atoms with van der Waals surface area (Å²) in [5.74, 6) is 0.575. The van der Waals surface area contributed by atoms with Gasteiger partial charge in [0.25, 0.3) is 5.91 Å². The summed E-state index contributed by atoms with van der Waals surface area (Å²) in [5, 5.41) is 5.97. The Kier molecular flexibility index (Phi) is 7.33. The monoisotopic (exact) mass is 423 g/mol. The lowest BCUT2D eigenvalue weighted by molar-refractivity contribution is -0.123. The Hall–Kier alpha value is -2.86. The minimum Gasteiger partial charge on any atom is -0.497 e. The first kappa shape index (κ1) is 22.8. The highest BCUT2D eigenvalue weighted by atomic mass is 16.5. The molecule has 0 bridgehead atoms. The summed E-state index contributed by atoms with van der Waals surface area (Å²) in [6.07, 6.45) is 2.34. The van der Waals surface area contributed by atoms with Gasteiger partial charge in [0, 0.05) is 23.2 Å². The molecule has 6 heteroatoms. The maximum Gasteiger partial charge on any atom is 0.251 e. The van der Waals surface area contributed by atoms with Crippen LogP contribution in [0.4, 0.5) is 5.69 Å². The van der Waals surface area contributed by atoms with E-state index in [2.05, 4.69) is 21.6 Å². The van der Waals surface area contributed by atoms with Crippen LogP contribution < -0.4 is 15.4 Å². The molecule has 0 spiro atoms. The third kappa shape index (κ3) is 6.07. The number of ether oxygens (including phenoxy) is 1. The van der Waals surface area contributed by atoms with Crippen molar-refractivity contribution in [3.8, 4) is 5.75 Å². The van der Waals surface area contributed by atoms with Gasteiger partial charge < -0.3 is 15.4 Å². The second-order valence-electron chi connectivity index (χ2n) is 9.03. The molecule has 3 rings (SSSR count). The van der Waals surface area contributed by atoms with Crippen molar-refractivity contribution in [1.82, 2.24) is 10.2 Å². The van der Waals surface area contributed by atoms with Crippen molar-refractivity contribution in [2.24, 2.45) is 5.41 Å². The number of benzene rings is 2. The maximum atomic E-state index is 12.9. The molecular weight excluding hydrogens is 390 g/mol. The Bertz CT molecular complexity index is 914. The second-order valence-corrected chi connectivity index (χ2v) is 9.03. The molecule has 0 radical (unpaired) electrons. The molecule has 1 atom stereocenters. The van der Waals surface area contributed by atoms with Gasteiger partial charge in [0.15, 0.2) is 0 Å². The van der Waals surface area contributed by atoms with E-state index in [0.717, 1.165) is 24.4 Å². The van der Waals surface area contributed by atoms with E-state index in [4.69, 9.17) is 4.74 Å². The number of hydrogen-bond acceptors (Lipinski definition) is 4. The molecule has 2 aromatic carbocycles. The van der Waals surface area contributed by atoms with E-state index < -0.39 is 5.41 Å². The highest BCUT2D eigenvalue weighted by Gasteiger charge is 2.25. The molecule has 1 aliphatic heterocycles. The quantitative estimate of drug-likeness (QED) is 0.699. The standard InChI is InChI=1S/C25H33N3O3/c1-25(2,3)24(30)27-20-11-7-10-19(15-20)23(29)26-17-22(28-13-5-6-14-28)18-9-8-12-21(16-18)31-4/h7-12,15-16,22H,5-6,13-14,17H2,1-4H3,(H,26,29)(H,27,30). The van der Waals surface area contributed by atoms with E-state index in [9.17, 15) is 9.59 Å². The predicted octanol–water partition coefficient (Wildman–Crippen LogP) is 4.25. The van der Waals surface area contributed by atoms with E-state index in [1.54, 1.807) is 31.4 Å². The maximum absolute atomic E-state index is 12.9. The van der Waals surface area contributed by atoms with Gasteiger partial charge in [-0.3, -0.25) is 14.5 Å². The number of nitrogens with zero attached hydrogens (tertiary/aromatic N) is 1.